The number of carboxylic acids is 1. The molecule has 3 unspecified atom stereocenters. The van der Waals surface area contributed by atoms with Crippen molar-refractivity contribution in [3.05, 3.63) is 0 Å². The van der Waals surface area contributed by atoms with Crippen molar-refractivity contribution >= 4 is 11.9 Å². The first-order valence-corrected chi connectivity index (χ1v) is 6.41. The Bertz CT molecular complexity index is 314. The minimum atomic E-state index is -0.928. The predicted molar refractivity (Wildman–Crippen MR) is 62.1 cm³/mol. The van der Waals surface area contributed by atoms with Gasteiger partial charge >= 0.3 is 5.97 Å². The van der Waals surface area contributed by atoms with E-state index in [0.717, 1.165) is 19.4 Å². The zero-order valence-corrected chi connectivity index (χ0v) is 10.3. The summed E-state index contributed by atoms with van der Waals surface area (Å²) >= 11 is 0. The van der Waals surface area contributed by atoms with E-state index in [1.165, 1.54) is 0 Å². The molecule has 2 saturated heterocycles. The number of aliphatic carboxylic acids is 1. The lowest BCUT2D eigenvalue weighted by molar-refractivity contribution is -0.149. The minimum Gasteiger partial charge on any atom is -0.479 e. The zero-order chi connectivity index (χ0) is 13.0. The summed E-state index contributed by atoms with van der Waals surface area (Å²) in [4.78, 5) is 22.3. The molecule has 18 heavy (non-hydrogen) atoms. The molecular weight excluding hydrogens is 238 g/mol. The number of amides is 1. The van der Waals surface area contributed by atoms with Gasteiger partial charge in [-0.1, -0.05) is 0 Å². The molecule has 6 heteroatoms. The highest BCUT2D eigenvalue weighted by Gasteiger charge is 2.30. The fraction of sp³-hybridized carbons (Fsp3) is 0.833. The van der Waals surface area contributed by atoms with Crippen LogP contribution >= 0.6 is 0 Å². The van der Waals surface area contributed by atoms with Gasteiger partial charge in [0.2, 0.25) is 5.91 Å². The van der Waals surface area contributed by atoms with Gasteiger partial charge in [-0.2, -0.15) is 0 Å². The minimum absolute atomic E-state index is 0.0428. The first-order valence-electron chi connectivity index (χ1n) is 6.41. The van der Waals surface area contributed by atoms with Crippen LogP contribution in [-0.2, 0) is 19.1 Å². The molecule has 2 aliphatic heterocycles. The van der Waals surface area contributed by atoms with Gasteiger partial charge in [-0.05, 0) is 25.7 Å². The topological polar surface area (TPSA) is 84.9 Å². The van der Waals surface area contributed by atoms with Crippen LogP contribution in [0.3, 0.4) is 0 Å². The van der Waals surface area contributed by atoms with Crippen molar-refractivity contribution < 1.29 is 24.2 Å². The number of carbonyl (C=O) groups excluding carboxylic acids is 1. The van der Waals surface area contributed by atoms with Gasteiger partial charge in [-0.3, -0.25) is 4.79 Å². The van der Waals surface area contributed by atoms with E-state index in [1.54, 1.807) is 0 Å². The molecule has 0 aromatic rings. The van der Waals surface area contributed by atoms with E-state index in [0.29, 0.717) is 25.8 Å². The second kappa shape index (κ2) is 6.15. The Balaban J connectivity index is 1.62. The van der Waals surface area contributed by atoms with Crippen LogP contribution in [0.25, 0.3) is 0 Å². The Hall–Kier alpha value is -1.14. The second-order valence-electron chi connectivity index (χ2n) is 4.81. The molecule has 0 saturated carbocycles. The van der Waals surface area contributed by atoms with Gasteiger partial charge in [0.25, 0.3) is 0 Å². The fourth-order valence-corrected chi connectivity index (χ4v) is 2.35. The normalized spacial score (nSPS) is 31.4. The first kappa shape index (κ1) is 13.3. The van der Waals surface area contributed by atoms with Crippen LogP contribution < -0.4 is 5.32 Å². The van der Waals surface area contributed by atoms with Crippen LogP contribution in [0, 0.1) is 0 Å². The van der Waals surface area contributed by atoms with Crippen molar-refractivity contribution in [2.45, 2.75) is 50.4 Å². The number of nitrogens with one attached hydrogen (secondary N) is 1. The van der Waals surface area contributed by atoms with Gasteiger partial charge in [0, 0.05) is 13.2 Å². The summed E-state index contributed by atoms with van der Waals surface area (Å²) in [7, 11) is 0. The average molecular weight is 257 g/mol. The van der Waals surface area contributed by atoms with Crippen molar-refractivity contribution in [3.8, 4) is 0 Å². The number of rotatable bonds is 5. The van der Waals surface area contributed by atoms with Crippen molar-refractivity contribution in [1.82, 2.24) is 5.32 Å². The summed E-state index contributed by atoms with van der Waals surface area (Å²) < 4.78 is 10.7. The lowest BCUT2D eigenvalue weighted by Crippen LogP contribution is -2.34. The number of carbonyl (C=O) groups is 2. The molecule has 3 atom stereocenters. The average Bonchev–Trinajstić information content (AvgIpc) is 2.96. The summed E-state index contributed by atoms with van der Waals surface area (Å²) in [5.74, 6) is -0.979. The van der Waals surface area contributed by atoms with E-state index in [-0.39, 0.29) is 18.1 Å². The van der Waals surface area contributed by atoms with Crippen LogP contribution in [0.5, 0.6) is 0 Å². The van der Waals surface area contributed by atoms with E-state index in [1.807, 2.05) is 0 Å². The maximum atomic E-state index is 11.6. The highest BCUT2D eigenvalue weighted by Crippen LogP contribution is 2.19. The number of ether oxygens (including phenoxy) is 2. The van der Waals surface area contributed by atoms with Crippen molar-refractivity contribution in [2.75, 3.05) is 13.2 Å². The summed E-state index contributed by atoms with van der Waals surface area (Å²) in [6.45, 7) is 1.12. The Labute approximate surface area is 106 Å². The third-order valence-electron chi connectivity index (χ3n) is 3.35. The van der Waals surface area contributed by atoms with Crippen LogP contribution in [0.2, 0.25) is 0 Å². The van der Waals surface area contributed by atoms with Gasteiger partial charge < -0.3 is 19.9 Å². The predicted octanol–water partition coefficient (Wildman–Crippen LogP) is 0.304. The lowest BCUT2D eigenvalue weighted by Gasteiger charge is -2.13. The summed E-state index contributed by atoms with van der Waals surface area (Å²) in [5, 5.41) is 11.5. The van der Waals surface area contributed by atoms with Crippen LogP contribution in [-0.4, -0.2) is 48.4 Å². The molecule has 0 aromatic carbocycles. The molecule has 0 bridgehead atoms. The molecule has 2 aliphatic rings. The summed E-state index contributed by atoms with van der Waals surface area (Å²) in [6, 6.07) is 0. The van der Waals surface area contributed by atoms with E-state index < -0.39 is 12.1 Å². The SMILES string of the molecule is O=C(CC1CCCO1)NCC1CCC(C(=O)O)O1. The van der Waals surface area contributed by atoms with Crippen molar-refractivity contribution in [3.63, 3.8) is 0 Å². The molecule has 2 N–H and O–H groups in total. The highest BCUT2D eigenvalue weighted by molar-refractivity contribution is 5.76. The smallest absolute Gasteiger partial charge is 0.332 e. The Morgan fingerprint density at radius 2 is 2.06 bits per heavy atom. The molecule has 2 heterocycles. The quantitative estimate of drug-likeness (QED) is 0.740. The zero-order valence-electron chi connectivity index (χ0n) is 10.3. The van der Waals surface area contributed by atoms with E-state index in [9.17, 15) is 9.59 Å². The third kappa shape index (κ3) is 3.68. The van der Waals surface area contributed by atoms with E-state index >= 15 is 0 Å². The van der Waals surface area contributed by atoms with Crippen molar-refractivity contribution in [1.29, 1.82) is 0 Å². The molecule has 6 nitrogen and oxygen atoms in total. The van der Waals surface area contributed by atoms with Crippen LogP contribution in [0.1, 0.15) is 32.1 Å². The molecule has 0 aliphatic carbocycles. The van der Waals surface area contributed by atoms with Gasteiger partial charge in [0.1, 0.15) is 0 Å². The van der Waals surface area contributed by atoms with Gasteiger partial charge in [0.15, 0.2) is 6.10 Å². The van der Waals surface area contributed by atoms with Gasteiger partial charge in [-0.25, -0.2) is 4.79 Å². The van der Waals surface area contributed by atoms with Crippen LogP contribution in [0.4, 0.5) is 0 Å². The van der Waals surface area contributed by atoms with Crippen LogP contribution in [0.15, 0.2) is 0 Å². The van der Waals surface area contributed by atoms with E-state index in [4.69, 9.17) is 14.6 Å². The molecule has 1 amide bonds. The molecule has 2 fully saturated rings. The highest BCUT2D eigenvalue weighted by atomic mass is 16.5. The maximum absolute atomic E-state index is 11.6. The number of hydrogen-bond donors (Lipinski definition) is 2. The molecule has 2 rings (SSSR count). The standard InChI is InChI=1S/C12H19NO5/c14-11(6-8-2-1-5-17-8)13-7-9-3-4-10(18-9)12(15)16/h8-10H,1-7H2,(H,13,14)(H,15,16). The summed E-state index contributed by atoms with van der Waals surface area (Å²) in [5.41, 5.74) is 0. The molecule has 102 valence electrons. The molecule has 0 radical (unpaired) electrons. The summed E-state index contributed by atoms with van der Waals surface area (Å²) in [6.07, 6.45) is 2.68. The van der Waals surface area contributed by atoms with Crippen molar-refractivity contribution in [2.24, 2.45) is 0 Å². The second-order valence-corrected chi connectivity index (χ2v) is 4.81. The Morgan fingerprint density at radius 3 is 2.67 bits per heavy atom. The number of hydrogen-bond acceptors (Lipinski definition) is 4. The van der Waals surface area contributed by atoms with E-state index in [2.05, 4.69) is 5.32 Å². The Morgan fingerprint density at radius 1 is 1.22 bits per heavy atom. The monoisotopic (exact) mass is 257 g/mol. The fourth-order valence-electron chi connectivity index (χ4n) is 2.35. The molecule has 0 aromatic heterocycles. The van der Waals surface area contributed by atoms with Gasteiger partial charge in [0.05, 0.1) is 18.6 Å². The molecular formula is C12H19NO5. The third-order valence-corrected chi connectivity index (χ3v) is 3.35. The van der Waals surface area contributed by atoms with Gasteiger partial charge in [-0.15, -0.1) is 0 Å². The largest absolute Gasteiger partial charge is 0.479 e. The molecule has 0 spiro atoms. The first-order chi connectivity index (χ1) is 8.65. The lowest BCUT2D eigenvalue weighted by atomic mass is 10.1. The number of carboxylic acid groups (broad SMARTS) is 1. The maximum Gasteiger partial charge on any atom is 0.332 e. The Kier molecular flexibility index (Phi) is 4.54.